The van der Waals surface area contributed by atoms with Gasteiger partial charge in [0.15, 0.2) is 0 Å². The molecule has 2 aromatic rings. The van der Waals surface area contributed by atoms with Crippen LogP contribution < -0.4 is 10.5 Å². The minimum atomic E-state index is -3.80. The topological polar surface area (TPSA) is 72.2 Å². The molecule has 0 atom stereocenters. The maximum Gasteiger partial charge on any atom is 0.241 e. The Morgan fingerprint density at radius 2 is 1.81 bits per heavy atom. The van der Waals surface area contributed by atoms with Gasteiger partial charge in [0.05, 0.1) is 4.90 Å². The zero-order chi connectivity index (χ0) is 15.5. The van der Waals surface area contributed by atoms with E-state index in [1.165, 1.54) is 12.1 Å². The van der Waals surface area contributed by atoms with Gasteiger partial charge in [0.2, 0.25) is 10.0 Å². The number of aryl methyl sites for hydroxylation is 1. The van der Waals surface area contributed by atoms with Crippen LogP contribution in [-0.2, 0) is 23.1 Å². The van der Waals surface area contributed by atoms with Crippen LogP contribution in [0, 0.1) is 12.7 Å². The van der Waals surface area contributed by atoms with E-state index in [4.69, 9.17) is 5.73 Å². The van der Waals surface area contributed by atoms with Gasteiger partial charge in [-0.15, -0.1) is 0 Å². The first-order valence-electron chi connectivity index (χ1n) is 6.46. The van der Waals surface area contributed by atoms with Gasteiger partial charge in [0.25, 0.3) is 0 Å². The first-order valence-corrected chi connectivity index (χ1v) is 7.94. The summed E-state index contributed by atoms with van der Waals surface area (Å²) >= 11 is 0. The van der Waals surface area contributed by atoms with Gasteiger partial charge >= 0.3 is 0 Å². The van der Waals surface area contributed by atoms with E-state index in [9.17, 15) is 12.8 Å². The van der Waals surface area contributed by atoms with Gasteiger partial charge < -0.3 is 5.73 Å². The Hall–Kier alpha value is -1.76. The molecule has 4 nitrogen and oxygen atoms in total. The number of benzene rings is 2. The lowest BCUT2D eigenvalue weighted by molar-refractivity contribution is 0.575. The zero-order valence-electron chi connectivity index (χ0n) is 11.6. The normalized spacial score (nSPS) is 11.6. The van der Waals surface area contributed by atoms with E-state index in [1.807, 2.05) is 31.2 Å². The molecule has 0 bridgehead atoms. The van der Waals surface area contributed by atoms with Gasteiger partial charge in [-0.1, -0.05) is 35.9 Å². The Morgan fingerprint density at radius 1 is 1.14 bits per heavy atom. The number of nitrogens with two attached hydrogens (primary N) is 1. The minimum Gasteiger partial charge on any atom is -0.326 e. The highest BCUT2D eigenvalue weighted by atomic mass is 32.2. The van der Waals surface area contributed by atoms with Crippen molar-refractivity contribution < 1.29 is 12.8 Å². The third-order valence-corrected chi connectivity index (χ3v) is 4.61. The number of nitrogens with one attached hydrogen (secondary N) is 1. The largest absolute Gasteiger partial charge is 0.326 e. The molecule has 0 saturated carbocycles. The summed E-state index contributed by atoms with van der Waals surface area (Å²) in [6, 6.07) is 11.0. The summed E-state index contributed by atoms with van der Waals surface area (Å²) in [5.74, 6) is -0.608. The molecule has 2 rings (SSSR count). The van der Waals surface area contributed by atoms with Crippen LogP contribution in [0.25, 0.3) is 0 Å². The summed E-state index contributed by atoms with van der Waals surface area (Å²) in [5, 5.41) is 0. The number of hydrogen-bond donors (Lipinski definition) is 2. The molecule has 0 fully saturated rings. The predicted octanol–water partition coefficient (Wildman–Crippen LogP) is 2.07. The SMILES string of the molecule is Cc1ccc(CNS(=O)(=O)c2cc(F)ccc2CN)cc1. The quantitative estimate of drug-likeness (QED) is 0.888. The van der Waals surface area contributed by atoms with Crippen molar-refractivity contribution in [1.82, 2.24) is 4.72 Å². The van der Waals surface area contributed by atoms with Gasteiger partial charge in [-0.25, -0.2) is 17.5 Å². The second-order valence-corrected chi connectivity index (χ2v) is 6.50. The Bertz CT molecular complexity index is 728. The van der Waals surface area contributed by atoms with Crippen molar-refractivity contribution in [1.29, 1.82) is 0 Å². The van der Waals surface area contributed by atoms with E-state index in [0.717, 1.165) is 17.2 Å². The minimum absolute atomic E-state index is 0.0288. The Balaban J connectivity index is 2.22. The van der Waals surface area contributed by atoms with Gasteiger partial charge in [0.1, 0.15) is 5.82 Å². The lowest BCUT2D eigenvalue weighted by atomic mass is 10.2. The average Bonchev–Trinajstić information content (AvgIpc) is 2.47. The van der Waals surface area contributed by atoms with Crippen molar-refractivity contribution in [3.8, 4) is 0 Å². The van der Waals surface area contributed by atoms with Crippen molar-refractivity contribution in [2.75, 3.05) is 0 Å². The molecule has 0 aromatic heterocycles. The molecule has 0 aliphatic heterocycles. The number of hydrogen-bond acceptors (Lipinski definition) is 3. The molecule has 0 radical (unpaired) electrons. The van der Waals surface area contributed by atoms with Crippen molar-refractivity contribution in [2.45, 2.75) is 24.9 Å². The summed E-state index contributed by atoms with van der Waals surface area (Å²) in [7, 11) is -3.80. The predicted molar refractivity (Wildman–Crippen MR) is 79.5 cm³/mol. The van der Waals surface area contributed by atoms with Crippen LogP contribution in [0.1, 0.15) is 16.7 Å². The van der Waals surface area contributed by atoms with Gasteiger partial charge in [-0.2, -0.15) is 0 Å². The van der Waals surface area contributed by atoms with Gasteiger partial charge in [0, 0.05) is 13.1 Å². The molecule has 0 amide bonds. The van der Waals surface area contributed by atoms with Gasteiger partial charge in [-0.3, -0.25) is 0 Å². The molecule has 112 valence electrons. The van der Waals surface area contributed by atoms with Crippen molar-refractivity contribution >= 4 is 10.0 Å². The summed E-state index contributed by atoms with van der Waals surface area (Å²) in [6.45, 7) is 2.12. The molecule has 2 aromatic carbocycles. The highest BCUT2D eigenvalue weighted by Crippen LogP contribution is 2.17. The fraction of sp³-hybridized carbons (Fsp3) is 0.200. The molecule has 0 saturated heterocycles. The molecule has 0 aliphatic rings. The van der Waals surface area contributed by atoms with Crippen molar-refractivity contribution in [3.63, 3.8) is 0 Å². The highest BCUT2D eigenvalue weighted by Gasteiger charge is 2.18. The number of rotatable bonds is 5. The molecular formula is C15H17FN2O2S. The van der Waals surface area contributed by atoms with Crippen LogP contribution in [0.15, 0.2) is 47.4 Å². The molecule has 3 N–H and O–H groups in total. The molecule has 0 spiro atoms. The molecule has 0 aliphatic carbocycles. The fourth-order valence-electron chi connectivity index (χ4n) is 1.91. The number of halogens is 1. The third-order valence-electron chi connectivity index (χ3n) is 3.13. The first kappa shape index (κ1) is 15.6. The lowest BCUT2D eigenvalue weighted by Gasteiger charge is -2.11. The van der Waals surface area contributed by atoms with E-state index in [2.05, 4.69) is 4.72 Å². The summed E-state index contributed by atoms with van der Waals surface area (Å²) < 4.78 is 40.3. The summed E-state index contributed by atoms with van der Waals surface area (Å²) in [5.41, 5.74) is 7.81. The first-order chi connectivity index (χ1) is 9.92. The zero-order valence-corrected chi connectivity index (χ0v) is 12.5. The Morgan fingerprint density at radius 3 is 2.43 bits per heavy atom. The van der Waals surface area contributed by atoms with Crippen LogP contribution in [0.2, 0.25) is 0 Å². The van der Waals surface area contributed by atoms with E-state index in [0.29, 0.717) is 5.56 Å². The molecule has 21 heavy (non-hydrogen) atoms. The van der Waals surface area contributed by atoms with Crippen LogP contribution >= 0.6 is 0 Å². The van der Waals surface area contributed by atoms with E-state index >= 15 is 0 Å². The third kappa shape index (κ3) is 3.87. The molecule has 0 unspecified atom stereocenters. The molecule has 0 heterocycles. The Kier molecular flexibility index (Phi) is 4.72. The fourth-order valence-corrected chi connectivity index (χ4v) is 3.19. The number of sulfonamides is 1. The smallest absolute Gasteiger partial charge is 0.241 e. The summed E-state index contributed by atoms with van der Waals surface area (Å²) in [4.78, 5) is -0.114. The molecular weight excluding hydrogens is 291 g/mol. The van der Waals surface area contributed by atoms with Crippen molar-refractivity contribution in [2.24, 2.45) is 5.73 Å². The average molecular weight is 308 g/mol. The van der Waals surface area contributed by atoms with Crippen LogP contribution in [0.4, 0.5) is 4.39 Å². The van der Waals surface area contributed by atoms with E-state index in [1.54, 1.807) is 0 Å². The molecule has 6 heteroatoms. The van der Waals surface area contributed by atoms with E-state index < -0.39 is 15.8 Å². The monoisotopic (exact) mass is 308 g/mol. The van der Waals surface area contributed by atoms with Crippen molar-refractivity contribution in [3.05, 3.63) is 65.0 Å². The second kappa shape index (κ2) is 6.34. The van der Waals surface area contributed by atoms with Crippen LogP contribution in [-0.4, -0.2) is 8.42 Å². The van der Waals surface area contributed by atoms with E-state index in [-0.39, 0.29) is 18.0 Å². The maximum absolute atomic E-state index is 13.3. The van der Waals surface area contributed by atoms with Crippen LogP contribution in [0.3, 0.4) is 0 Å². The van der Waals surface area contributed by atoms with Crippen LogP contribution in [0.5, 0.6) is 0 Å². The second-order valence-electron chi connectivity index (χ2n) is 4.77. The lowest BCUT2D eigenvalue weighted by Crippen LogP contribution is -2.25. The van der Waals surface area contributed by atoms with Gasteiger partial charge in [-0.05, 0) is 30.2 Å². The maximum atomic E-state index is 13.3. The highest BCUT2D eigenvalue weighted by molar-refractivity contribution is 7.89. The Labute approximate surface area is 123 Å². The standard InChI is InChI=1S/C15H17FN2O2S/c1-11-2-4-12(5-3-11)10-18-21(19,20)15-8-14(16)7-6-13(15)9-17/h2-8,18H,9-10,17H2,1H3. The summed E-state index contributed by atoms with van der Waals surface area (Å²) in [6.07, 6.45) is 0.